The van der Waals surface area contributed by atoms with E-state index >= 15 is 0 Å². The molecule has 0 N–H and O–H groups in total. The van der Waals surface area contributed by atoms with Crippen LogP contribution in [0.5, 0.6) is 0 Å². The van der Waals surface area contributed by atoms with Crippen LogP contribution in [0.3, 0.4) is 0 Å². The van der Waals surface area contributed by atoms with E-state index < -0.39 is 5.79 Å². The predicted octanol–water partition coefficient (Wildman–Crippen LogP) is 2.43. The second kappa shape index (κ2) is 3.65. The molecule has 14 heavy (non-hydrogen) atoms. The van der Waals surface area contributed by atoms with Crippen molar-refractivity contribution in [3.8, 4) is 0 Å². The summed E-state index contributed by atoms with van der Waals surface area (Å²) in [5, 5.41) is 0. The third-order valence-corrected chi connectivity index (χ3v) is 3.28. The van der Waals surface area contributed by atoms with Crippen molar-refractivity contribution in [2.24, 2.45) is 5.92 Å². The Morgan fingerprint density at radius 1 is 1.50 bits per heavy atom. The van der Waals surface area contributed by atoms with Gasteiger partial charge in [-0.05, 0) is 36.8 Å². The van der Waals surface area contributed by atoms with E-state index in [2.05, 4.69) is 13.8 Å². The molecule has 0 aromatic carbocycles. The predicted molar refractivity (Wildman–Crippen MR) is 52.5 cm³/mol. The summed E-state index contributed by atoms with van der Waals surface area (Å²) >= 11 is 0. The first-order valence-electron chi connectivity index (χ1n) is 5.23. The molecule has 1 aliphatic carbocycles. The molecule has 0 amide bonds. The Balaban J connectivity index is 2.32. The third-order valence-electron chi connectivity index (χ3n) is 3.28. The summed E-state index contributed by atoms with van der Waals surface area (Å²) < 4.78 is 5.52. The fourth-order valence-electron chi connectivity index (χ4n) is 2.43. The lowest BCUT2D eigenvalue weighted by molar-refractivity contribution is -0.422. The van der Waals surface area contributed by atoms with Gasteiger partial charge in [-0.25, -0.2) is 4.89 Å². The molecule has 0 aromatic heterocycles. The second-order valence-electron chi connectivity index (χ2n) is 4.41. The van der Waals surface area contributed by atoms with Crippen molar-refractivity contribution in [1.29, 1.82) is 0 Å². The maximum absolute atomic E-state index is 5.52. The van der Waals surface area contributed by atoms with Crippen LogP contribution in [-0.4, -0.2) is 19.5 Å². The number of hydrogen-bond donors (Lipinski definition) is 0. The van der Waals surface area contributed by atoms with Crippen molar-refractivity contribution in [1.82, 2.24) is 0 Å². The summed E-state index contributed by atoms with van der Waals surface area (Å²) in [6.45, 7) is 4.90. The Labute approximate surface area is 85.0 Å². The molecule has 0 radical (unpaired) electrons. The topological polar surface area (TPSA) is 27.7 Å². The third kappa shape index (κ3) is 1.49. The summed E-state index contributed by atoms with van der Waals surface area (Å²) in [6, 6.07) is 0. The molecule has 0 bridgehead atoms. The number of methoxy groups -OCH3 is 1. The molecule has 2 aliphatic rings. The molecule has 0 aromatic rings. The standard InChI is InChI=1S/C11H18O3/c1-8-4-5-10-9(2)7-13-14-11(10,6-8)12-3/h8H,4-7H2,1-3H3/t8-,11-/m1/s1. The van der Waals surface area contributed by atoms with Gasteiger partial charge < -0.3 is 4.74 Å². The highest BCUT2D eigenvalue weighted by atomic mass is 17.2. The molecule has 1 saturated carbocycles. The normalized spacial score (nSPS) is 38.4. The molecule has 3 heteroatoms. The lowest BCUT2D eigenvalue weighted by Crippen LogP contribution is -2.45. The van der Waals surface area contributed by atoms with E-state index in [4.69, 9.17) is 14.5 Å². The molecule has 80 valence electrons. The zero-order valence-corrected chi connectivity index (χ0v) is 9.13. The van der Waals surface area contributed by atoms with E-state index in [9.17, 15) is 0 Å². The summed E-state index contributed by atoms with van der Waals surface area (Å²) in [7, 11) is 1.69. The number of ether oxygens (including phenoxy) is 1. The van der Waals surface area contributed by atoms with Gasteiger partial charge in [0.2, 0.25) is 5.79 Å². The number of fused-ring (bicyclic) bond motifs is 1. The van der Waals surface area contributed by atoms with Gasteiger partial charge >= 0.3 is 0 Å². The van der Waals surface area contributed by atoms with Crippen molar-refractivity contribution < 1.29 is 14.5 Å². The highest BCUT2D eigenvalue weighted by molar-refractivity contribution is 5.24. The van der Waals surface area contributed by atoms with Crippen LogP contribution in [0.1, 0.15) is 33.1 Å². The minimum absolute atomic E-state index is 0.578. The van der Waals surface area contributed by atoms with Crippen molar-refractivity contribution in [3.63, 3.8) is 0 Å². The van der Waals surface area contributed by atoms with Gasteiger partial charge in [0.25, 0.3) is 0 Å². The number of rotatable bonds is 1. The van der Waals surface area contributed by atoms with Crippen LogP contribution in [0.2, 0.25) is 0 Å². The summed E-state index contributed by atoms with van der Waals surface area (Å²) in [4.78, 5) is 10.5. The fourth-order valence-corrected chi connectivity index (χ4v) is 2.43. The molecule has 2 atom stereocenters. The molecular formula is C11H18O3. The average molecular weight is 198 g/mol. The van der Waals surface area contributed by atoms with E-state index in [-0.39, 0.29) is 0 Å². The van der Waals surface area contributed by atoms with Crippen molar-refractivity contribution >= 4 is 0 Å². The second-order valence-corrected chi connectivity index (χ2v) is 4.41. The highest BCUT2D eigenvalue weighted by Crippen LogP contribution is 2.43. The van der Waals surface area contributed by atoms with Crippen molar-refractivity contribution in [2.45, 2.75) is 38.9 Å². The molecule has 1 heterocycles. The zero-order chi connectivity index (χ0) is 10.2. The smallest absolute Gasteiger partial charge is 0.224 e. The van der Waals surface area contributed by atoms with Crippen LogP contribution >= 0.6 is 0 Å². The number of hydrogen-bond acceptors (Lipinski definition) is 3. The molecule has 1 aliphatic heterocycles. The molecule has 1 fully saturated rings. The van der Waals surface area contributed by atoms with Gasteiger partial charge in [0.15, 0.2) is 0 Å². The van der Waals surface area contributed by atoms with Gasteiger partial charge in [0.05, 0.1) is 0 Å². The molecule has 0 saturated heterocycles. The maximum Gasteiger partial charge on any atom is 0.224 e. The first-order chi connectivity index (χ1) is 6.68. The lowest BCUT2D eigenvalue weighted by Gasteiger charge is -2.42. The fraction of sp³-hybridized carbons (Fsp3) is 0.818. The van der Waals surface area contributed by atoms with E-state index in [1.54, 1.807) is 7.11 Å². The Kier molecular flexibility index (Phi) is 2.64. The van der Waals surface area contributed by atoms with E-state index in [1.807, 2.05) is 0 Å². The summed E-state index contributed by atoms with van der Waals surface area (Å²) in [5.41, 5.74) is 2.56. The van der Waals surface area contributed by atoms with Crippen LogP contribution < -0.4 is 0 Å². The largest absolute Gasteiger partial charge is 0.347 e. The molecule has 0 spiro atoms. The minimum Gasteiger partial charge on any atom is -0.347 e. The lowest BCUT2D eigenvalue weighted by atomic mass is 9.80. The quantitative estimate of drug-likeness (QED) is 0.478. The van der Waals surface area contributed by atoms with Gasteiger partial charge in [-0.1, -0.05) is 6.92 Å². The summed E-state index contributed by atoms with van der Waals surface area (Å²) in [5.74, 6) is 0.0493. The zero-order valence-electron chi connectivity index (χ0n) is 9.13. The SMILES string of the molecule is CO[C@@]12C[C@H](C)CCC1=C(C)COO2. The molecular weight excluding hydrogens is 180 g/mol. The Morgan fingerprint density at radius 3 is 3.00 bits per heavy atom. The Hall–Kier alpha value is -0.380. The first kappa shape index (κ1) is 10.1. The van der Waals surface area contributed by atoms with Crippen LogP contribution in [0.25, 0.3) is 0 Å². The van der Waals surface area contributed by atoms with Gasteiger partial charge in [0, 0.05) is 13.5 Å². The summed E-state index contributed by atoms with van der Waals surface area (Å²) in [6.07, 6.45) is 3.20. The Bertz CT molecular complexity index is 259. The van der Waals surface area contributed by atoms with Crippen LogP contribution in [0, 0.1) is 5.92 Å². The highest BCUT2D eigenvalue weighted by Gasteiger charge is 2.44. The van der Waals surface area contributed by atoms with E-state index in [1.165, 1.54) is 17.6 Å². The first-order valence-corrected chi connectivity index (χ1v) is 5.23. The van der Waals surface area contributed by atoms with Gasteiger partial charge in [0.1, 0.15) is 6.61 Å². The Morgan fingerprint density at radius 2 is 2.29 bits per heavy atom. The van der Waals surface area contributed by atoms with E-state index in [0.717, 1.165) is 12.8 Å². The van der Waals surface area contributed by atoms with Gasteiger partial charge in [-0.15, -0.1) is 0 Å². The van der Waals surface area contributed by atoms with Crippen molar-refractivity contribution in [3.05, 3.63) is 11.1 Å². The monoisotopic (exact) mass is 198 g/mol. The average Bonchev–Trinajstić information content (AvgIpc) is 2.17. The van der Waals surface area contributed by atoms with Crippen LogP contribution in [-0.2, 0) is 14.5 Å². The van der Waals surface area contributed by atoms with Gasteiger partial charge in [-0.2, -0.15) is 4.89 Å². The molecule has 2 rings (SSSR count). The van der Waals surface area contributed by atoms with E-state index in [0.29, 0.717) is 12.5 Å². The molecule has 3 nitrogen and oxygen atoms in total. The van der Waals surface area contributed by atoms with Crippen LogP contribution in [0.15, 0.2) is 11.1 Å². The minimum atomic E-state index is -0.583. The van der Waals surface area contributed by atoms with Gasteiger partial charge in [-0.3, -0.25) is 0 Å². The van der Waals surface area contributed by atoms with Crippen molar-refractivity contribution in [2.75, 3.05) is 13.7 Å². The molecule has 0 unspecified atom stereocenters. The van der Waals surface area contributed by atoms with Crippen LogP contribution in [0.4, 0.5) is 0 Å². The maximum atomic E-state index is 5.52.